The van der Waals surface area contributed by atoms with Gasteiger partial charge in [-0.05, 0) is 30.0 Å². The molecule has 1 amide bonds. The number of hydrogen-bond donors (Lipinski definition) is 1. The minimum atomic E-state index is -0.400. The Labute approximate surface area is 160 Å². The minimum Gasteiger partial charge on any atom is -0.496 e. The molecule has 1 atom stereocenters. The van der Waals surface area contributed by atoms with Gasteiger partial charge in [-0.1, -0.05) is 61.9 Å². The van der Waals surface area contributed by atoms with Gasteiger partial charge in [0.2, 0.25) is 0 Å². The van der Waals surface area contributed by atoms with E-state index in [0.29, 0.717) is 6.42 Å². The predicted molar refractivity (Wildman–Crippen MR) is 105 cm³/mol. The van der Waals surface area contributed by atoms with Crippen LogP contribution in [-0.2, 0) is 20.7 Å². The average molecular weight is 369 g/mol. The fourth-order valence-corrected chi connectivity index (χ4v) is 2.90. The summed E-state index contributed by atoms with van der Waals surface area (Å²) in [7, 11) is 1.60. The Kier molecular flexibility index (Phi) is 8.36. The zero-order valence-corrected chi connectivity index (χ0v) is 15.9. The van der Waals surface area contributed by atoms with E-state index in [-0.39, 0.29) is 25.0 Å². The summed E-state index contributed by atoms with van der Waals surface area (Å²) < 4.78 is 10.4. The van der Waals surface area contributed by atoms with Crippen molar-refractivity contribution in [3.8, 4) is 5.75 Å². The van der Waals surface area contributed by atoms with Crippen molar-refractivity contribution in [2.75, 3.05) is 13.7 Å². The summed E-state index contributed by atoms with van der Waals surface area (Å²) in [6.07, 6.45) is 2.48. The van der Waals surface area contributed by atoms with Crippen molar-refractivity contribution >= 4 is 11.9 Å². The van der Waals surface area contributed by atoms with E-state index < -0.39 is 5.97 Å². The van der Waals surface area contributed by atoms with Crippen molar-refractivity contribution in [2.24, 2.45) is 0 Å². The number of rotatable bonds is 10. The Morgan fingerprint density at radius 3 is 2.44 bits per heavy atom. The van der Waals surface area contributed by atoms with Crippen LogP contribution in [0.2, 0.25) is 0 Å². The first-order chi connectivity index (χ1) is 13.1. The number of esters is 1. The summed E-state index contributed by atoms with van der Waals surface area (Å²) in [5.74, 6) is 0.0547. The van der Waals surface area contributed by atoms with Crippen molar-refractivity contribution in [3.63, 3.8) is 0 Å². The molecule has 0 spiro atoms. The molecule has 1 N–H and O–H groups in total. The highest BCUT2D eigenvalue weighted by Crippen LogP contribution is 2.19. The number of carbonyl (C=O) groups excluding carboxylic acids is 2. The molecular weight excluding hydrogens is 342 g/mol. The molecule has 0 bridgehead atoms. The smallest absolute Gasteiger partial charge is 0.306 e. The maximum atomic E-state index is 12.2. The van der Waals surface area contributed by atoms with E-state index >= 15 is 0 Å². The van der Waals surface area contributed by atoms with Crippen molar-refractivity contribution in [3.05, 3.63) is 65.7 Å². The first kappa shape index (κ1) is 20.5. The number of benzene rings is 2. The highest BCUT2D eigenvalue weighted by Gasteiger charge is 2.15. The van der Waals surface area contributed by atoms with Gasteiger partial charge in [0.15, 0.2) is 6.61 Å². The van der Waals surface area contributed by atoms with Crippen LogP contribution in [0.25, 0.3) is 0 Å². The van der Waals surface area contributed by atoms with Crippen LogP contribution in [0, 0.1) is 0 Å². The zero-order chi connectivity index (χ0) is 19.5. The minimum absolute atomic E-state index is 0.0732. The molecule has 0 aliphatic carbocycles. The molecule has 0 saturated carbocycles. The summed E-state index contributed by atoms with van der Waals surface area (Å²) >= 11 is 0. The maximum Gasteiger partial charge on any atom is 0.306 e. The molecule has 0 aromatic heterocycles. The van der Waals surface area contributed by atoms with Gasteiger partial charge in [0.25, 0.3) is 5.91 Å². The summed E-state index contributed by atoms with van der Waals surface area (Å²) in [6, 6.07) is 17.3. The number of ether oxygens (including phenoxy) is 2. The van der Waals surface area contributed by atoms with Crippen LogP contribution in [0.1, 0.15) is 43.4 Å². The molecular formula is C22H27NO4. The van der Waals surface area contributed by atoms with Crippen LogP contribution in [-0.4, -0.2) is 25.6 Å². The third kappa shape index (κ3) is 6.77. The van der Waals surface area contributed by atoms with E-state index in [4.69, 9.17) is 9.47 Å². The molecule has 5 heteroatoms. The Hall–Kier alpha value is -2.82. The lowest BCUT2D eigenvalue weighted by Gasteiger charge is -2.18. The van der Waals surface area contributed by atoms with E-state index in [9.17, 15) is 9.59 Å². The van der Waals surface area contributed by atoms with Crippen LogP contribution >= 0.6 is 0 Å². The second-order valence-corrected chi connectivity index (χ2v) is 6.29. The van der Waals surface area contributed by atoms with Crippen molar-refractivity contribution in [2.45, 2.75) is 38.6 Å². The SMILES string of the molecule is CCCC(NC(=O)COC(=O)CCc1ccccc1OC)c1ccccc1. The number of carbonyl (C=O) groups is 2. The predicted octanol–water partition coefficient (Wildman–Crippen LogP) is 3.83. The Morgan fingerprint density at radius 1 is 1.04 bits per heavy atom. The quantitative estimate of drug-likeness (QED) is 0.647. The van der Waals surface area contributed by atoms with E-state index in [1.54, 1.807) is 7.11 Å². The number of nitrogens with one attached hydrogen (secondary N) is 1. The van der Waals surface area contributed by atoms with E-state index in [1.165, 1.54) is 0 Å². The number of hydrogen-bond acceptors (Lipinski definition) is 4. The number of para-hydroxylation sites is 1. The zero-order valence-electron chi connectivity index (χ0n) is 15.9. The Bertz CT molecular complexity index is 730. The van der Waals surface area contributed by atoms with Crippen LogP contribution in [0.4, 0.5) is 0 Å². The number of aryl methyl sites for hydroxylation is 1. The monoisotopic (exact) mass is 369 g/mol. The second-order valence-electron chi connectivity index (χ2n) is 6.29. The molecule has 27 heavy (non-hydrogen) atoms. The summed E-state index contributed by atoms with van der Waals surface area (Å²) in [5.41, 5.74) is 1.99. The summed E-state index contributed by atoms with van der Waals surface area (Å²) in [4.78, 5) is 24.1. The van der Waals surface area contributed by atoms with Gasteiger partial charge in [0, 0.05) is 6.42 Å². The maximum absolute atomic E-state index is 12.2. The summed E-state index contributed by atoms with van der Waals surface area (Å²) in [6.45, 7) is 1.80. The van der Waals surface area contributed by atoms with Crippen LogP contribution in [0.5, 0.6) is 5.75 Å². The van der Waals surface area contributed by atoms with Gasteiger partial charge < -0.3 is 14.8 Å². The molecule has 0 heterocycles. The van der Waals surface area contributed by atoms with Gasteiger partial charge in [0.1, 0.15) is 5.75 Å². The fraction of sp³-hybridized carbons (Fsp3) is 0.364. The molecule has 0 saturated heterocycles. The van der Waals surface area contributed by atoms with Gasteiger partial charge >= 0.3 is 5.97 Å². The lowest BCUT2D eigenvalue weighted by Crippen LogP contribution is -2.32. The molecule has 144 valence electrons. The third-order valence-corrected chi connectivity index (χ3v) is 4.27. The molecule has 1 unspecified atom stereocenters. The fourth-order valence-electron chi connectivity index (χ4n) is 2.90. The lowest BCUT2D eigenvalue weighted by atomic mass is 10.0. The van der Waals surface area contributed by atoms with E-state index in [0.717, 1.165) is 29.7 Å². The number of amides is 1. The van der Waals surface area contributed by atoms with Crippen molar-refractivity contribution in [1.82, 2.24) is 5.32 Å². The topological polar surface area (TPSA) is 64.6 Å². The lowest BCUT2D eigenvalue weighted by molar-refractivity contribution is -0.148. The largest absolute Gasteiger partial charge is 0.496 e. The van der Waals surface area contributed by atoms with Gasteiger partial charge in [-0.2, -0.15) is 0 Å². The van der Waals surface area contributed by atoms with Gasteiger partial charge in [-0.15, -0.1) is 0 Å². The Morgan fingerprint density at radius 2 is 1.74 bits per heavy atom. The highest BCUT2D eigenvalue weighted by molar-refractivity contribution is 5.81. The van der Waals surface area contributed by atoms with Gasteiger partial charge in [-0.25, -0.2) is 0 Å². The second kappa shape index (κ2) is 11.0. The first-order valence-corrected chi connectivity index (χ1v) is 9.25. The van der Waals surface area contributed by atoms with E-state index in [2.05, 4.69) is 12.2 Å². The molecule has 2 aromatic rings. The first-order valence-electron chi connectivity index (χ1n) is 9.25. The van der Waals surface area contributed by atoms with Gasteiger partial charge in [0.05, 0.1) is 13.2 Å². The molecule has 0 radical (unpaired) electrons. The highest BCUT2D eigenvalue weighted by atomic mass is 16.5. The van der Waals surface area contributed by atoms with Crippen LogP contribution in [0.3, 0.4) is 0 Å². The normalized spacial score (nSPS) is 11.5. The molecule has 5 nitrogen and oxygen atoms in total. The molecule has 2 rings (SSSR count). The van der Waals surface area contributed by atoms with Gasteiger partial charge in [-0.3, -0.25) is 9.59 Å². The molecule has 2 aromatic carbocycles. The van der Waals surface area contributed by atoms with Crippen molar-refractivity contribution in [1.29, 1.82) is 0 Å². The standard InChI is InChI=1S/C22H27NO4/c1-3-9-19(17-10-5-4-6-11-17)23-21(24)16-27-22(25)15-14-18-12-7-8-13-20(18)26-2/h4-8,10-13,19H,3,9,14-16H2,1-2H3,(H,23,24). The van der Waals surface area contributed by atoms with Crippen LogP contribution < -0.4 is 10.1 Å². The van der Waals surface area contributed by atoms with E-state index in [1.807, 2.05) is 54.6 Å². The molecule has 0 aliphatic heterocycles. The van der Waals surface area contributed by atoms with Crippen LogP contribution in [0.15, 0.2) is 54.6 Å². The molecule has 0 fully saturated rings. The Balaban J connectivity index is 1.79. The number of methoxy groups -OCH3 is 1. The average Bonchev–Trinajstić information content (AvgIpc) is 2.71. The molecule has 0 aliphatic rings. The third-order valence-electron chi connectivity index (χ3n) is 4.27. The summed E-state index contributed by atoms with van der Waals surface area (Å²) in [5, 5.41) is 2.95. The van der Waals surface area contributed by atoms with Crippen molar-refractivity contribution < 1.29 is 19.1 Å².